The van der Waals surface area contributed by atoms with Gasteiger partial charge in [-0.05, 0) is 68.0 Å². The number of aryl methyl sites for hydroxylation is 1. The van der Waals surface area contributed by atoms with E-state index in [-0.39, 0.29) is 0 Å². The molecule has 0 heterocycles. The number of rotatable bonds is 7. The molecule has 0 N–H and O–H groups in total. The highest BCUT2D eigenvalue weighted by Crippen LogP contribution is 2.14. The summed E-state index contributed by atoms with van der Waals surface area (Å²) in [6.07, 6.45) is 0. The predicted molar refractivity (Wildman–Crippen MR) is 84.2 cm³/mol. The van der Waals surface area contributed by atoms with Gasteiger partial charge in [-0.25, -0.2) is 0 Å². The molecule has 1 rings (SSSR count). The first-order valence-corrected chi connectivity index (χ1v) is 9.07. The monoisotopic (exact) mass is 380 g/mol. The molecule has 0 aromatic heterocycles. The van der Waals surface area contributed by atoms with Crippen LogP contribution in [0.15, 0.2) is 18.2 Å². The van der Waals surface area contributed by atoms with E-state index in [0.717, 1.165) is 5.19 Å². The van der Waals surface area contributed by atoms with Crippen molar-refractivity contribution in [3.63, 3.8) is 0 Å². The second-order valence-corrected chi connectivity index (χ2v) is 7.67. The molecule has 0 saturated heterocycles. The average molecular weight is 380 g/mol. The van der Waals surface area contributed by atoms with Gasteiger partial charge in [-0.3, -0.25) is 0 Å². The Morgan fingerprint density at radius 2 is 1.44 bits per heavy atom. The summed E-state index contributed by atoms with van der Waals surface area (Å²) in [5.74, 6) is 0. The average Bonchev–Trinajstić information content (AvgIpc) is 2.28. The highest BCUT2D eigenvalue weighted by Gasteiger charge is 2.43. The van der Waals surface area contributed by atoms with Crippen LogP contribution in [0.5, 0.6) is 0 Å². The van der Waals surface area contributed by atoms with E-state index in [4.69, 9.17) is 13.3 Å². The van der Waals surface area contributed by atoms with Crippen molar-refractivity contribution in [3.8, 4) is 0 Å². The lowest BCUT2D eigenvalue weighted by atomic mass is 10.2. The lowest BCUT2D eigenvalue weighted by Gasteiger charge is -2.29. The molecule has 1 aromatic rings. The number of hydrogen-bond donors (Lipinski definition) is 0. The Bertz CT molecular complexity index is 347. The Hall–Kier alpha value is 0.0469. The molecule has 0 saturated carbocycles. The van der Waals surface area contributed by atoms with Crippen molar-refractivity contribution in [1.82, 2.24) is 0 Å². The highest BCUT2D eigenvalue weighted by atomic mass is 127. The van der Waals surface area contributed by atoms with E-state index < -0.39 is 8.80 Å². The van der Waals surface area contributed by atoms with Crippen LogP contribution in [0.4, 0.5) is 0 Å². The molecule has 0 spiro atoms. The number of hydrogen-bond acceptors (Lipinski definition) is 3. The molecule has 0 aliphatic carbocycles. The molecule has 1 aromatic carbocycles. The van der Waals surface area contributed by atoms with Crippen LogP contribution in [0.3, 0.4) is 0 Å². The van der Waals surface area contributed by atoms with Crippen LogP contribution < -0.4 is 5.19 Å². The van der Waals surface area contributed by atoms with Gasteiger partial charge in [-0.15, -0.1) is 0 Å². The van der Waals surface area contributed by atoms with Gasteiger partial charge < -0.3 is 13.3 Å². The van der Waals surface area contributed by atoms with E-state index in [0.29, 0.717) is 19.8 Å². The lowest BCUT2D eigenvalue weighted by molar-refractivity contribution is 0.0859. The largest absolute Gasteiger partial charge is 0.537 e. The third-order valence-electron chi connectivity index (χ3n) is 2.40. The molecular weight excluding hydrogens is 359 g/mol. The topological polar surface area (TPSA) is 27.7 Å². The van der Waals surface area contributed by atoms with Crippen LogP contribution in [0.2, 0.25) is 0 Å². The normalized spacial score (nSPS) is 11.8. The minimum Gasteiger partial charge on any atom is -0.370 e. The zero-order valence-electron chi connectivity index (χ0n) is 11.5. The van der Waals surface area contributed by atoms with Gasteiger partial charge in [0, 0.05) is 28.6 Å². The van der Waals surface area contributed by atoms with Crippen LogP contribution in [0.1, 0.15) is 26.3 Å². The summed E-state index contributed by atoms with van der Waals surface area (Å²) in [4.78, 5) is 0. The van der Waals surface area contributed by atoms with E-state index in [1.54, 1.807) is 0 Å². The van der Waals surface area contributed by atoms with Crippen molar-refractivity contribution in [2.75, 3.05) is 19.8 Å². The summed E-state index contributed by atoms with van der Waals surface area (Å²) in [5, 5.41) is 1.05. The molecular formula is C13H21IO3Si. The maximum absolute atomic E-state index is 5.90. The van der Waals surface area contributed by atoms with Crippen molar-refractivity contribution in [2.24, 2.45) is 0 Å². The molecule has 0 unspecified atom stereocenters. The first-order chi connectivity index (χ1) is 8.57. The first kappa shape index (κ1) is 16.1. The van der Waals surface area contributed by atoms with Crippen molar-refractivity contribution in [3.05, 3.63) is 27.3 Å². The second kappa shape index (κ2) is 7.59. The molecule has 0 atom stereocenters. The van der Waals surface area contributed by atoms with Crippen molar-refractivity contribution in [2.45, 2.75) is 27.7 Å². The van der Waals surface area contributed by atoms with E-state index in [1.807, 2.05) is 20.8 Å². The van der Waals surface area contributed by atoms with E-state index in [1.165, 1.54) is 9.13 Å². The van der Waals surface area contributed by atoms with Crippen molar-refractivity contribution < 1.29 is 13.3 Å². The molecule has 102 valence electrons. The molecule has 3 nitrogen and oxygen atoms in total. The molecule has 0 aliphatic heterocycles. The second-order valence-electron chi connectivity index (χ2n) is 3.87. The Morgan fingerprint density at radius 1 is 0.944 bits per heavy atom. The van der Waals surface area contributed by atoms with E-state index in [2.05, 4.69) is 47.7 Å². The van der Waals surface area contributed by atoms with Gasteiger partial charge in [-0.1, -0.05) is 6.07 Å². The maximum atomic E-state index is 5.90. The lowest BCUT2D eigenvalue weighted by Crippen LogP contribution is -2.57. The van der Waals surface area contributed by atoms with Crippen LogP contribution in [0.25, 0.3) is 0 Å². The third kappa shape index (κ3) is 4.02. The van der Waals surface area contributed by atoms with E-state index in [9.17, 15) is 0 Å². The number of benzene rings is 1. The van der Waals surface area contributed by atoms with Gasteiger partial charge >= 0.3 is 8.80 Å². The van der Waals surface area contributed by atoms with Gasteiger partial charge in [0.05, 0.1) is 0 Å². The molecule has 18 heavy (non-hydrogen) atoms. The highest BCUT2D eigenvalue weighted by molar-refractivity contribution is 14.1. The zero-order chi connectivity index (χ0) is 13.6. The van der Waals surface area contributed by atoms with Gasteiger partial charge in [0.25, 0.3) is 0 Å². The molecule has 0 aliphatic rings. The van der Waals surface area contributed by atoms with Gasteiger partial charge in [0.15, 0.2) is 0 Å². The SMILES string of the molecule is CCO[Si](OCC)(OCC)c1cc(C)cc(I)c1. The molecule has 5 heteroatoms. The predicted octanol–water partition coefficient (Wildman–Crippen LogP) is 2.86. The molecule has 0 radical (unpaired) electrons. The van der Waals surface area contributed by atoms with E-state index >= 15 is 0 Å². The summed E-state index contributed by atoms with van der Waals surface area (Å²) in [5.41, 5.74) is 1.20. The Labute approximate surface area is 124 Å². The quantitative estimate of drug-likeness (QED) is 0.538. The Morgan fingerprint density at radius 3 is 1.83 bits per heavy atom. The van der Waals surface area contributed by atoms with Gasteiger partial charge in [0.2, 0.25) is 0 Å². The summed E-state index contributed by atoms with van der Waals surface area (Å²) < 4.78 is 18.9. The Balaban J connectivity index is 3.20. The fourth-order valence-electron chi connectivity index (χ4n) is 1.86. The van der Waals surface area contributed by atoms with Gasteiger partial charge in [0.1, 0.15) is 0 Å². The minimum absolute atomic E-state index is 0.594. The summed E-state index contributed by atoms with van der Waals surface area (Å²) >= 11 is 2.31. The summed E-state index contributed by atoms with van der Waals surface area (Å²) in [6, 6.07) is 6.34. The fraction of sp³-hybridized carbons (Fsp3) is 0.538. The van der Waals surface area contributed by atoms with Crippen molar-refractivity contribution >= 4 is 36.6 Å². The summed E-state index contributed by atoms with van der Waals surface area (Å²) in [6.45, 7) is 9.78. The third-order valence-corrected chi connectivity index (χ3v) is 6.02. The standard InChI is InChI=1S/C13H21IO3Si/c1-5-15-18(16-6-2,17-7-3)13-9-11(4)8-12(14)10-13/h8-10H,5-7H2,1-4H3. The van der Waals surface area contributed by atoms with Crippen LogP contribution in [0, 0.1) is 10.5 Å². The number of halogens is 1. The molecule has 0 fully saturated rings. The smallest absolute Gasteiger partial charge is 0.370 e. The summed E-state index contributed by atoms with van der Waals surface area (Å²) in [7, 11) is -2.74. The fourth-order valence-corrected chi connectivity index (χ4v) is 5.61. The maximum Gasteiger partial charge on any atom is 0.537 e. The Kier molecular flexibility index (Phi) is 6.79. The van der Waals surface area contributed by atoms with Crippen LogP contribution >= 0.6 is 22.6 Å². The van der Waals surface area contributed by atoms with Crippen LogP contribution in [-0.2, 0) is 13.3 Å². The van der Waals surface area contributed by atoms with Gasteiger partial charge in [-0.2, -0.15) is 0 Å². The van der Waals surface area contributed by atoms with Crippen LogP contribution in [-0.4, -0.2) is 28.6 Å². The molecule has 0 amide bonds. The van der Waals surface area contributed by atoms with Crippen molar-refractivity contribution in [1.29, 1.82) is 0 Å². The molecule has 0 bridgehead atoms. The zero-order valence-corrected chi connectivity index (χ0v) is 14.6. The minimum atomic E-state index is -2.74. The first-order valence-electron chi connectivity index (χ1n) is 6.27.